The number of nitro benzene ring substituents is 1. The van der Waals surface area contributed by atoms with Crippen molar-refractivity contribution in [2.45, 2.75) is 13.0 Å². The number of anilines is 1. The van der Waals surface area contributed by atoms with Gasteiger partial charge in [-0.3, -0.25) is 19.7 Å². The second kappa shape index (κ2) is 9.16. The summed E-state index contributed by atoms with van der Waals surface area (Å²) in [5, 5.41) is 13.4. The van der Waals surface area contributed by atoms with E-state index in [-0.39, 0.29) is 17.5 Å². The molecule has 3 rings (SSSR count). The lowest BCUT2D eigenvalue weighted by Gasteiger charge is -2.26. The zero-order chi connectivity index (χ0) is 20.8. The molecule has 1 heterocycles. The van der Waals surface area contributed by atoms with Gasteiger partial charge in [0.15, 0.2) is 6.10 Å². The zero-order valence-electron chi connectivity index (χ0n) is 15.9. The number of benzene rings is 2. The van der Waals surface area contributed by atoms with Gasteiger partial charge in [-0.05, 0) is 43.3 Å². The summed E-state index contributed by atoms with van der Waals surface area (Å²) in [4.78, 5) is 36.7. The minimum Gasteiger partial charge on any atom is -0.481 e. The lowest BCUT2D eigenvalue weighted by molar-refractivity contribution is -0.384. The van der Waals surface area contributed by atoms with Crippen LogP contribution in [0, 0.1) is 10.1 Å². The maximum Gasteiger partial charge on any atom is 0.269 e. The first-order valence-electron chi connectivity index (χ1n) is 9.13. The maximum atomic E-state index is 12.4. The molecular formula is C20H21N3O6. The highest BCUT2D eigenvalue weighted by molar-refractivity contribution is 5.96. The molecule has 0 aliphatic carbocycles. The number of morpholine rings is 1. The number of amides is 2. The third kappa shape index (κ3) is 5.29. The van der Waals surface area contributed by atoms with Crippen LogP contribution in [0.25, 0.3) is 0 Å². The van der Waals surface area contributed by atoms with E-state index >= 15 is 0 Å². The number of rotatable bonds is 6. The third-order valence-electron chi connectivity index (χ3n) is 4.43. The van der Waals surface area contributed by atoms with Crippen molar-refractivity contribution in [3.05, 3.63) is 64.2 Å². The largest absolute Gasteiger partial charge is 0.481 e. The standard InChI is InChI=1S/C20H21N3O6/c1-14(29-18-8-6-17(7-9-18)23(26)27)19(24)21-16-4-2-15(3-5-16)20(25)22-10-12-28-13-11-22/h2-9,14H,10-13H2,1H3,(H,21,24). The number of ether oxygens (including phenoxy) is 2. The molecule has 0 radical (unpaired) electrons. The molecule has 1 N–H and O–H groups in total. The number of non-ortho nitro benzene ring substituents is 1. The topological polar surface area (TPSA) is 111 Å². The molecule has 1 atom stereocenters. The van der Waals surface area contributed by atoms with E-state index in [4.69, 9.17) is 9.47 Å². The molecule has 0 bridgehead atoms. The van der Waals surface area contributed by atoms with Crippen LogP contribution < -0.4 is 10.1 Å². The van der Waals surface area contributed by atoms with Crippen molar-refractivity contribution in [1.82, 2.24) is 4.90 Å². The molecule has 29 heavy (non-hydrogen) atoms. The Kier molecular flexibility index (Phi) is 6.40. The molecule has 1 fully saturated rings. The maximum absolute atomic E-state index is 12.4. The summed E-state index contributed by atoms with van der Waals surface area (Å²) in [6.45, 7) is 3.77. The van der Waals surface area contributed by atoms with Gasteiger partial charge in [-0.15, -0.1) is 0 Å². The summed E-state index contributed by atoms with van der Waals surface area (Å²) in [6, 6.07) is 12.1. The van der Waals surface area contributed by atoms with Gasteiger partial charge in [-0.2, -0.15) is 0 Å². The fourth-order valence-electron chi connectivity index (χ4n) is 2.79. The number of hydrogen-bond acceptors (Lipinski definition) is 6. The van der Waals surface area contributed by atoms with Crippen molar-refractivity contribution in [2.24, 2.45) is 0 Å². The van der Waals surface area contributed by atoms with E-state index in [1.807, 2.05) is 0 Å². The molecule has 152 valence electrons. The predicted octanol–water partition coefficient (Wildman–Crippen LogP) is 2.47. The van der Waals surface area contributed by atoms with Gasteiger partial charge in [0, 0.05) is 36.5 Å². The normalized spacial score (nSPS) is 14.7. The van der Waals surface area contributed by atoms with Crippen molar-refractivity contribution in [3.8, 4) is 5.75 Å². The van der Waals surface area contributed by atoms with Crippen LogP contribution in [0.15, 0.2) is 48.5 Å². The summed E-state index contributed by atoms with van der Waals surface area (Å²) < 4.78 is 10.8. The summed E-state index contributed by atoms with van der Waals surface area (Å²) in [5.41, 5.74) is 1.02. The molecular weight excluding hydrogens is 378 g/mol. The molecule has 1 saturated heterocycles. The van der Waals surface area contributed by atoms with Crippen LogP contribution in [0.2, 0.25) is 0 Å². The molecule has 0 saturated carbocycles. The minimum atomic E-state index is -0.814. The van der Waals surface area contributed by atoms with Gasteiger partial charge in [0.25, 0.3) is 17.5 Å². The van der Waals surface area contributed by atoms with Gasteiger partial charge >= 0.3 is 0 Å². The third-order valence-corrected chi connectivity index (χ3v) is 4.43. The predicted molar refractivity (Wildman–Crippen MR) is 105 cm³/mol. The van der Waals surface area contributed by atoms with E-state index in [1.165, 1.54) is 24.3 Å². The highest BCUT2D eigenvalue weighted by atomic mass is 16.6. The fraction of sp³-hybridized carbons (Fsp3) is 0.300. The van der Waals surface area contributed by atoms with Gasteiger partial charge < -0.3 is 19.7 Å². The van der Waals surface area contributed by atoms with Gasteiger partial charge in [0.1, 0.15) is 5.75 Å². The molecule has 0 aromatic heterocycles. The summed E-state index contributed by atoms with van der Waals surface area (Å²) in [7, 11) is 0. The van der Waals surface area contributed by atoms with Gasteiger partial charge in [-0.25, -0.2) is 0 Å². The number of carbonyl (C=O) groups excluding carboxylic acids is 2. The van der Waals surface area contributed by atoms with Crippen LogP contribution in [-0.2, 0) is 9.53 Å². The first-order valence-corrected chi connectivity index (χ1v) is 9.13. The first-order chi connectivity index (χ1) is 13.9. The van der Waals surface area contributed by atoms with Crippen LogP contribution in [0.3, 0.4) is 0 Å². The summed E-state index contributed by atoms with van der Waals surface area (Å²) in [5.74, 6) is -0.0960. The van der Waals surface area contributed by atoms with Crippen LogP contribution in [0.1, 0.15) is 17.3 Å². The lowest BCUT2D eigenvalue weighted by Crippen LogP contribution is -2.40. The number of nitrogens with zero attached hydrogens (tertiary/aromatic N) is 2. The lowest BCUT2D eigenvalue weighted by atomic mass is 10.1. The van der Waals surface area contributed by atoms with E-state index < -0.39 is 11.0 Å². The van der Waals surface area contributed by atoms with Crippen LogP contribution in [0.4, 0.5) is 11.4 Å². The average Bonchev–Trinajstić information content (AvgIpc) is 2.74. The van der Waals surface area contributed by atoms with E-state index in [9.17, 15) is 19.7 Å². The number of nitrogens with one attached hydrogen (secondary N) is 1. The number of hydrogen-bond donors (Lipinski definition) is 1. The molecule has 9 heteroatoms. The van der Waals surface area contributed by atoms with E-state index in [0.29, 0.717) is 43.3 Å². The Morgan fingerprint density at radius 2 is 1.72 bits per heavy atom. The quantitative estimate of drug-likeness (QED) is 0.590. The molecule has 0 spiro atoms. The Bertz CT molecular complexity index is 876. The Morgan fingerprint density at radius 3 is 2.31 bits per heavy atom. The Morgan fingerprint density at radius 1 is 1.10 bits per heavy atom. The second-order valence-electron chi connectivity index (χ2n) is 6.48. The minimum absolute atomic E-state index is 0.0545. The highest BCUT2D eigenvalue weighted by Gasteiger charge is 2.19. The van der Waals surface area contributed by atoms with E-state index in [0.717, 1.165) is 0 Å². The van der Waals surface area contributed by atoms with Gasteiger partial charge in [0.2, 0.25) is 0 Å². The van der Waals surface area contributed by atoms with Crippen molar-refractivity contribution in [3.63, 3.8) is 0 Å². The Hall–Kier alpha value is -3.46. The van der Waals surface area contributed by atoms with Crippen molar-refractivity contribution in [2.75, 3.05) is 31.6 Å². The second-order valence-corrected chi connectivity index (χ2v) is 6.48. The summed E-state index contributed by atoms with van der Waals surface area (Å²) >= 11 is 0. The van der Waals surface area contributed by atoms with Crippen LogP contribution >= 0.6 is 0 Å². The first kappa shape index (κ1) is 20.3. The molecule has 2 aromatic rings. The monoisotopic (exact) mass is 399 g/mol. The molecule has 2 amide bonds. The van der Waals surface area contributed by atoms with Gasteiger partial charge in [-0.1, -0.05) is 0 Å². The van der Waals surface area contributed by atoms with Crippen LogP contribution in [0.5, 0.6) is 5.75 Å². The van der Waals surface area contributed by atoms with Gasteiger partial charge in [0.05, 0.1) is 18.1 Å². The smallest absolute Gasteiger partial charge is 0.269 e. The zero-order valence-corrected chi connectivity index (χ0v) is 15.9. The van der Waals surface area contributed by atoms with Crippen molar-refractivity contribution in [1.29, 1.82) is 0 Å². The molecule has 9 nitrogen and oxygen atoms in total. The van der Waals surface area contributed by atoms with E-state index in [2.05, 4.69) is 5.32 Å². The molecule has 1 aliphatic rings. The Labute approximate surface area is 167 Å². The van der Waals surface area contributed by atoms with Crippen molar-refractivity contribution >= 4 is 23.2 Å². The molecule has 1 aliphatic heterocycles. The molecule has 1 unspecified atom stereocenters. The fourth-order valence-corrected chi connectivity index (χ4v) is 2.79. The average molecular weight is 399 g/mol. The molecule has 2 aromatic carbocycles. The summed E-state index contributed by atoms with van der Waals surface area (Å²) in [6.07, 6.45) is -0.814. The number of carbonyl (C=O) groups is 2. The Balaban J connectivity index is 1.55. The highest BCUT2D eigenvalue weighted by Crippen LogP contribution is 2.19. The van der Waals surface area contributed by atoms with Crippen molar-refractivity contribution < 1.29 is 24.0 Å². The van der Waals surface area contributed by atoms with E-state index in [1.54, 1.807) is 36.1 Å². The van der Waals surface area contributed by atoms with Crippen LogP contribution in [-0.4, -0.2) is 54.0 Å². The number of nitro groups is 1. The SMILES string of the molecule is CC(Oc1ccc([N+](=O)[O-])cc1)C(=O)Nc1ccc(C(=O)N2CCOCC2)cc1.